The van der Waals surface area contributed by atoms with Crippen LogP contribution in [-0.4, -0.2) is 31.1 Å². The summed E-state index contributed by atoms with van der Waals surface area (Å²) in [6.07, 6.45) is 1.08. The molecule has 0 aliphatic heterocycles. The lowest BCUT2D eigenvalue weighted by Gasteiger charge is -2.18. The Morgan fingerprint density at radius 1 is 0.743 bits per heavy atom. The fourth-order valence-corrected chi connectivity index (χ4v) is 3.01. The summed E-state index contributed by atoms with van der Waals surface area (Å²) in [6.45, 7) is 16.1. The molecule has 0 amide bonds. The fraction of sp³-hybridized carbons (Fsp3) is 0.276. The molecule has 0 N–H and O–H groups in total. The highest BCUT2D eigenvalue weighted by Gasteiger charge is 2.17. The molecule has 0 bridgehead atoms. The predicted octanol–water partition coefficient (Wildman–Crippen LogP) is 5.62. The standard InChI is InChI=1S/C29H32O6/c1-7-21(6)29(32)35-26-14-12-25(13-15-26)24-10-8-22(9-11-24)16-23(17-33-27(30)19(2)3)18-34-28(31)20(4)5/h8-15,23H,2,4,6-7,16-18H2,1,3,5H3. The minimum absolute atomic E-state index is 0.0988. The summed E-state index contributed by atoms with van der Waals surface area (Å²) < 4.78 is 15.9. The van der Waals surface area contributed by atoms with Crippen molar-refractivity contribution < 1.29 is 28.6 Å². The molecule has 0 unspecified atom stereocenters. The van der Waals surface area contributed by atoms with Crippen LogP contribution in [0.15, 0.2) is 85.0 Å². The highest BCUT2D eigenvalue weighted by Crippen LogP contribution is 2.24. The van der Waals surface area contributed by atoms with Crippen LogP contribution in [0.3, 0.4) is 0 Å². The molecular formula is C29H32O6. The van der Waals surface area contributed by atoms with Gasteiger partial charge in [0.25, 0.3) is 0 Å². The number of carbonyl (C=O) groups excluding carboxylic acids is 3. The van der Waals surface area contributed by atoms with E-state index in [1.165, 1.54) is 0 Å². The van der Waals surface area contributed by atoms with Gasteiger partial charge in [-0.2, -0.15) is 0 Å². The monoisotopic (exact) mass is 476 g/mol. The highest BCUT2D eigenvalue weighted by atomic mass is 16.5. The van der Waals surface area contributed by atoms with E-state index >= 15 is 0 Å². The molecule has 2 rings (SSSR count). The van der Waals surface area contributed by atoms with E-state index in [1.54, 1.807) is 26.0 Å². The first-order valence-corrected chi connectivity index (χ1v) is 11.3. The molecule has 0 aromatic heterocycles. The molecule has 184 valence electrons. The SMILES string of the molecule is C=C(C)C(=O)OCC(COC(=O)C(=C)C)Cc1ccc(-c2ccc(OC(=O)C(=C)CC)cc2)cc1. The van der Waals surface area contributed by atoms with Crippen LogP contribution in [0.25, 0.3) is 11.1 Å². The van der Waals surface area contributed by atoms with E-state index in [2.05, 4.69) is 19.7 Å². The lowest BCUT2D eigenvalue weighted by molar-refractivity contribution is -0.144. The predicted molar refractivity (Wildman–Crippen MR) is 136 cm³/mol. The maximum atomic E-state index is 11.9. The smallest absolute Gasteiger partial charge is 0.338 e. The summed E-state index contributed by atoms with van der Waals surface area (Å²) in [7, 11) is 0. The van der Waals surface area contributed by atoms with Crippen LogP contribution in [0.4, 0.5) is 0 Å². The summed E-state index contributed by atoms with van der Waals surface area (Å²) in [5.41, 5.74) is 4.00. The van der Waals surface area contributed by atoms with Gasteiger partial charge in [-0.1, -0.05) is 63.1 Å². The van der Waals surface area contributed by atoms with Crippen molar-refractivity contribution >= 4 is 17.9 Å². The number of carbonyl (C=O) groups is 3. The molecule has 35 heavy (non-hydrogen) atoms. The van der Waals surface area contributed by atoms with Crippen LogP contribution in [0.5, 0.6) is 5.75 Å². The van der Waals surface area contributed by atoms with Gasteiger partial charge in [-0.3, -0.25) is 0 Å². The third-order valence-corrected chi connectivity index (χ3v) is 5.19. The Labute approximate surface area is 206 Å². The molecule has 6 nitrogen and oxygen atoms in total. The van der Waals surface area contributed by atoms with Crippen molar-refractivity contribution in [2.24, 2.45) is 5.92 Å². The van der Waals surface area contributed by atoms with Crippen molar-refractivity contribution in [2.45, 2.75) is 33.6 Å². The van der Waals surface area contributed by atoms with Gasteiger partial charge in [0, 0.05) is 22.6 Å². The van der Waals surface area contributed by atoms with E-state index in [1.807, 2.05) is 43.3 Å². The van der Waals surface area contributed by atoms with Crippen molar-refractivity contribution in [1.82, 2.24) is 0 Å². The Kier molecular flexibility index (Phi) is 10.2. The molecule has 0 radical (unpaired) electrons. The zero-order chi connectivity index (χ0) is 26.0. The average molecular weight is 477 g/mol. The summed E-state index contributed by atoms with van der Waals surface area (Å²) >= 11 is 0. The molecular weight excluding hydrogens is 444 g/mol. The first-order valence-electron chi connectivity index (χ1n) is 11.3. The van der Waals surface area contributed by atoms with Gasteiger partial charge in [-0.15, -0.1) is 0 Å². The van der Waals surface area contributed by atoms with Gasteiger partial charge in [0.2, 0.25) is 0 Å². The second kappa shape index (κ2) is 13.1. The average Bonchev–Trinajstić information content (AvgIpc) is 2.85. The zero-order valence-electron chi connectivity index (χ0n) is 20.6. The third kappa shape index (κ3) is 8.74. The van der Waals surface area contributed by atoms with E-state index in [4.69, 9.17) is 14.2 Å². The van der Waals surface area contributed by atoms with Crippen molar-refractivity contribution in [2.75, 3.05) is 13.2 Å². The van der Waals surface area contributed by atoms with E-state index in [-0.39, 0.29) is 19.1 Å². The number of ether oxygens (including phenoxy) is 3. The molecule has 6 heteroatoms. The van der Waals surface area contributed by atoms with E-state index in [0.717, 1.165) is 16.7 Å². The number of esters is 3. The second-order valence-corrected chi connectivity index (χ2v) is 8.40. The fourth-order valence-electron chi connectivity index (χ4n) is 3.01. The summed E-state index contributed by atoms with van der Waals surface area (Å²) in [5.74, 6) is -1.16. The Morgan fingerprint density at radius 3 is 1.63 bits per heavy atom. The molecule has 0 aliphatic rings. The molecule has 0 spiro atoms. The quantitative estimate of drug-likeness (QED) is 0.225. The largest absolute Gasteiger partial charge is 0.462 e. The molecule has 0 atom stereocenters. The summed E-state index contributed by atoms with van der Waals surface area (Å²) in [4.78, 5) is 35.5. The van der Waals surface area contributed by atoms with Crippen molar-refractivity contribution in [3.05, 3.63) is 90.6 Å². The zero-order valence-corrected chi connectivity index (χ0v) is 20.6. The Bertz CT molecular complexity index is 1060. The van der Waals surface area contributed by atoms with Crippen LogP contribution >= 0.6 is 0 Å². The second-order valence-electron chi connectivity index (χ2n) is 8.40. The van der Waals surface area contributed by atoms with Gasteiger partial charge >= 0.3 is 17.9 Å². The first kappa shape index (κ1) is 27.3. The van der Waals surface area contributed by atoms with Crippen molar-refractivity contribution in [3.63, 3.8) is 0 Å². The minimum atomic E-state index is -0.482. The van der Waals surface area contributed by atoms with Gasteiger partial charge in [0.05, 0.1) is 13.2 Å². The summed E-state index contributed by atoms with van der Waals surface area (Å²) in [6, 6.07) is 15.1. The first-order chi connectivity index (χ1) is 16.6. The molecule has 0 fully saturated rings. The molecule has 0 heterocycles. The van der Waals surface area contributed by atoms with Gasteiger partial charge in [-0.25, -0.2) is 14.4 Å². The van der Waals surface area contributed by atoms with E-state index < -0.39 is 17.9 Å². The Morgan fingerprint density at radius 2 is 1.20 bits per heavy atom. The Hall–Kier alpha value is -3.93. The maximum absolute atomic E-state index is 11.9. The lowest BCUT2D eigenvalue weighted by atomic mass is 9.98. The molecule has 0 aliphatic carbocycles. The molecule has 2 aromatic rings. The highest BCUT2D eigenvalue weighted by molar-refractivity contribution is 5.89. The van der Waals surface area contributed by atoms with Crippen LogP contribution in [-0.2, 0) is 30.3 Å². The lowest BCUT2D eigenvalue weighted by Crippen LogP contribution is -2.23. The molecule has 2 aromatic carbocycles. The third-order valence-electron chi connectivity index (χ3n) is 5.19. The van der Waals surface area contributed by atoms with E-state index in [9.17, 15) is 14.4 Å². The van der Waals surface area contributed by atoms with Crippen molar-refractivity contribution in [3.8, 4) is 16.9 Å². The number of rotatable bonds is 12. The van der Waals surface area contributed by atoms with Crippen LogP contribution in [0.1, 0.15) is 32.8 Å². The topological polar surface area (TPSA) is 78.9 Å². The van der Waals surface area contributed by atoms with Crippen molar-refractivity contribution in [1.29, 1.82) is 0 Å². The number of hydrogen-bond donors (Lipinski definition) is 0. The van der Waals surface area contributed by atoms with Crippen LogP contribution in [0, 0.1) is 5.92 Å². The van der Waals surface area contributed by atoms with Gasteiger partial charge in [0.15, 0.2) is 0 Å². The minimum Gasteiger partial charge on any atom is -0.462 e. The van der Waals surface area contributed by atoms with Gasteiger partial charge < -0.3 is 14.2 Å². The van der Waals surface area contributed by atoms with Crippen LogP contribution < -0.4 is 4.74 Å². The van der Waals surface area contributed by atoms with Gasteiger partial charge in [0.1, 0.15) is 5.75 Å². The normalized spacial score (nSPS) is 10.4. The van der Waals surface area contributed by atoms with E-state index in [0.29, 0.717) is 35.3 Å². The Balaban J connectivity index is 2.05. The molecule has 0 saturated carbocycles. The molecule has 0 saturated heterocycles. The summed E-state index contributed by atoms with van der Waals surface area (Å²) in [5, 5.41) is 0. The number of hydrogen-bond acceptors (Lipinski definition) is 6. The maximum Gasteiger partial charge on any atom is 0.338 e. The van der Waals surface area contributed by atoms with Gasteiger partial charge in [-0.05, 0) is 55.5 Å². The van der Waals surface area contributed by atoms with Crippen LogP contribution in [0.2, 0.25) is 0 Å². The number of benzene rings is 2.